The quantitative estimate of drug-likeness (QED) is 0.713. The molecule has 1 unspecified atom stereocenters. The lowest BCUT2D eigenvalue weighted by Gasteiger charge is -2.28. The van der Waals surface area contributed by atoms with Gasteiger partial charge in [-0.15, -0.1) is 0 Å². The molecule has 4 rings (SSSR count). The van der Waals surface area contributed by atoms with Gasteiger partial charge in [0.25, 0.3) is 5.91 Å². The summed E-state index contributed by atoms with van der Waals surface area (Å²) in [6.45, 7) is 3.80. The van der Waals surface area contributed by atoms with Gasteiger partial charge in [-0.2, -0.15) is 0 Å². The summed E-state index contributed by atoms with van der Waals surface area (Å²) in [5.74, 6) is 0.559. The summed E-state index contributed by atoms with van der Waals surface area (Å²) in [4.78, 5) is 17.4. The summed E-state index contributed by atoms with van der Waals surface area (Å²) in [7, 11) is 3.16. The Bertz CT molecular complexity index is 911. The zero-order chi connectivity index (χ0) is 21.1. The molecule has 2 fully saturated rings. The van der Waals surface area contributed by atoms with E-state index in [1.54, 1.807) is 32.4 Å². The largest absolute Gasteiger partial charge is 0.497 e. The van der Waals surface area contributed by atoms with Crippen LogP contribution in [0.5, 0.6) is 11.5 Å². The Kier molecular flexibility index (Phi) is 6.23. The second kappa shape index (κ2) is 9.04. The van der Waals surface area contributed by atoms with E-state index in [9.17, 15) is 4.79 Å². The minimum atomic E-state index is -0.498. The zero-order valence-corrected chi connectivity index (χ0v) is 17.7. The summed E-state index contributed by atoms with van der Waals surface area (Å²) >= 11 is 0. The van der Waals surface area contributed by atoms with Crippen LogP contribution in [0.4, 0.5) is 4.39 Å². The van der Waals surface area contributed by atoms with Gasteiger partial charge in [0, 0.05) is 30.8 Å². The van der Waals surface area contributed by atoms with E-state index in [-0.39, 0.29) is 17.5 Å². The third-order valence-electron chi connectivity index (χ3n) is 6.22. The molecule has 0 spiro atoms. The number of hydrogen-bond donors (Lipinski definition) is 0. The van der Waals surface area contributed by atoms with Crippen molar-refractivity contribution in [1.29, 1.82) is 0 Å². The van der Waals surface area contributed by atoms with Crippen LogP contribution in [-0.2, 0) is 0 Å². The molecule has 2 aromatic carbocycles. The first-order chi connectivity index (χ1) is 14.6. The number of carbonyl (C=O) groups excluding carboxylic acids is 1. The first kappa shape index (κ1) is 20.7. The number of halogens is 1. The minimum Gasteiger partial charge on any atom is -0.497 e. The van der Waals surface area contributed by atoms with Crippen molar-refractivity contribution < 1.29 is 18.7 Å². The molecule has 6 heteroatoms. The molecule has 0 N–H and O–H groups in total. The first-order valence-corrected chi connectivity index (χ1v) is 10.7. The highest BCUT2D eigenvalue weighted by molar-refractivity contribution is 5.95. The SMILES string of the molecule is COc1ccc(-c2ccc(C(=O)N3CCCC3CN3CCCC3)c(F)c2)c(OC)c1. The van der Waals surface area contributed by atoms with Crippen molar-refractivity contribution in [3.8, 4) is 22.6 Å². The van der Waals surface area contributed by atoms with Gasteiger partial charge in [-0.25, -0.2) is 4.39 Å². The van der Waals surface area contributed by atoms with Gasteiger partial charge in [-0.05, 0) is 68.6 Å². The Morgan fingerprint density at radius 1 is 1.03 bits per heavy atom. The predicted molar refractivity (Wildman–Crippen MR) is 115 cm³/mol. The fourth-order valence-corrected chi connectivity index (χ4v) is 4.60. The lowest BCUT2D eigenvalue weighted by atomic mass is 10.0. The molecule has 0 radical (unpaired) electrons. The minimum absolute atomic E-state index is 0.138. The molecule has 0 bridgehead atoms. The Labute approximate surface area is 177 Å². The Morgan fingerprint density at radius 3 is 2.53 bits per heavy atom. The van der Waals surface area contributed by atoms with Crippen LogP contribution in [0, 0.1) is 5.82 Å². The summed E-state index contributed by atoms with van der Waals surface area (Å²) in [5, 5.41) is 0. The van der Waals surface area contributed by atoms with Gasteiger partial charge < -0.3 is 19.3 Å². The van der Waals surface area contributed by atoms with Gasteiger partial charge in [0.2, 0.25) is 0 Å². The number of carbonyl (C=O) groups is 1. The number of rotatable bonds is 6. The highest BCUT2D eigenvalue weighted by Crippen LogP contribution is 2.34. The molecule has 0 saturated carbocycles. The highest BCUT2D eigenvalue weighted by atomic mass is 19.1. The van der Waals surface area contributed by atoms with Gasteiger partial charge in [0.1, 0.15) is 17.3 Å². The number of ether oxygens (including phenoxy) is 2. The predicted octanol–water partition coefficient (Wildman–Crippen LogP) is 4.21. The third kappa shape index (κ3) is 4.15. The normalized spacial score (nSPS) is 19.3. The second-order valence-corrected chi connectivity index (χ2v) is 8.06. The van der Waals surface area contributed by atoms with Crippen LogP contribution in [0.15, 0.2) is 36.4 Å². The van der Waals surface area contributed by atoms with E-state index in [4.69, 9.17) is 9.47 Å². The fourth-order valence-electron chi connectivity index (χ4n) is 4.60. The van der Waals surface area contributed by atoms with Gasteiger partial charge in [-0.3, -0.25) is 4.79 Å². The summed E-state index contributed by atoms with van der Waals surface area (Å²) in [6, 6.07) is 10.4. The Hall–Kier alpha value is -2.60. The van der Waals surface area contributed by atoms with Crippen LogP contribution < -0.4 is 9.47 Å². The Balaban J connectivity index is 1.55. The molecule has 1 atom stereocenters. The lowest BCUT2D eigenvalue weighted by Crippen LogP contribution is -2.42. The fraction of sp³-hybridized carbons (Fsp3) is 0.458. The van der Waals surface area contributed by atoms with Crippen molar-refractivity contribution in [1.82, 2.24) is 9.80 Å². The molecule has 0 aliphatic carbocycles. The van der Waals surface area contributed by atoms with Crippen molar-refractivity contribution >= 4 is 5.91 Å². The Morgan fingerprint density at radius 2 is 1.83 bits per heavy atom. The van der Waals surface area contributed by atoms with Crippen molar-refractivity contribution in [2.45, 2.75) is 31.7 Å². The van der Waals surface area contributed by atoms with Gasteiger partial charge in [0.05, 0.1) is 19.8 Å². The summed E-state index contributed by atoms with van der Waals surface area (Å²) < 4.78 is 25.7. The van der Waals surface area contributed by atoms with Crippen LogP contribution in [0.25, 0.3) is 11.1 Å². The lowest BCUT2D eigenvalue weighted by molar-refractivity contribution is 0.0704. The zero-order valence-electron chi connectivity index (χ0n) is 17.7. The summed E-state index contributed by atoms with van der Waals surface area (Å²) in [6.07, 6.45) is 4.43. The van der Waals surface area contributed by atoms with Crippen molar-refractivity contribution in [3.05, 3.63) is 47.8 Å². The molecule has 30 heavy (non-hydrogen) atoms. The van der Waals surface area contributed by atoms with E-state index >= 15 is 4.39 Å². The van der Waals surface area contributed by atoms with Crippen LogP contribution in [-0.4, -0.2) is 62.1 Å². The van der Waals surface area contributed by atoms with E-state index in [1.807, 2.05) is 17.0 Å². The number of amides is 1. The maximum absolute atomic E-state index is 15.0. The van der Waals surface area contributed by atoms with Crippen LogP contribution in [0.3, 0.4) is 0 Å². The van der Waals surface area contributed by atoms with E-state index in [0.717, 1.165) is 38.0 Å². The first-order valence-electron chi connectivity index (χ1n) is 10.7. The molecular weight excluding hydrogens is 383 g/mol. The topological polar surface area (TPSA) is 42.0 Å². The van der Waals surface area contributed by atoms with Gasteiger partial charge in [-0.1, -0.05) is 6.07 Å². The molecule has 5 nitrogen and oxygen atoms in total. The molecule has 1 amide bonds. The number of benzene rings is 2. The highest BCUT2D eigenvalue weighted by Gasteiger charge is 2.32. The van der Waals surface area contributed by atoms with Crippen molar-refractivity contribution in [2.75, 3.05) is 40.4 Å². The average molecular weight is 413 g/mol. The molecule has 0 aromatic heterocycles. The number of likely N-dealkylation sites (tertiary alicyclic amines) is 2. The number of nitrogens with zero attached hydrogens (tertiary/aromatic N) is 2. The van der Waals surface area contributed by atoms with Gasteiger partial charge in [0.15, 0.2) is 0 Å². The average Bonchev–Trinajstić information content (AvgIpc) is 3.45. The van der Waals surface area contributed by atoms with Crippen molar-refractivity contribution in [2.24, 2.45) is 0 Å². The molecule has 160 valence electrons. The standard InChI is InChI=1S/C24H29FN2O3/c1-29-19-8-10-20(23(15-19)30-2)17-7-9-21(22(25)14-17)24(28)27-13-5-6-18(27)16-26-11-3-4-12-26/h7-10,14-15,18H,3-6,11-13,16H2,1-2H3. The molecule has 2 aromatic rings. The number of hydrogen-bond acceptors (Lipinski definition) is 4. The molecule has 2 aliphatic heterocycles. The molecular formula is C24H29FN2O3. The smallest absolute Gasteiger partial charge is 0.257 e. The van der Waals surface area contributed by atoms with Crippen molar-refractivity contribution in [3.63, 3.8) is 0 Å². The number of methoxy groups -OCH3 is 2. The van der Waals surface area contributed by atoms with E-state index < -0.39 is 5.82 Å². The van der Waals surface area contributed by atoms with Crippen LogP contribution in [0.2, 0.25) is 0 Å². The maximum Gasteiger partial charge on any atom is 0.257 e. The monoisotopic (exact) mass is 412 g/mol. The van der Waals surface area contributed by atoms with Gasteiger partial charge >= 0.3 is 0 Å². The molecule has 2 aliphatic rings. The summed E-state index contributed by atoms with van der Waals surface area (Å²) in [5.41, 5.74) is 1.56. The second-order valence-electron chi connectivity index (χ2n) is 8.06. The molecule has 2 heterocycles. The van der Waals surface area contributed by atoms with Crippen LogP contribution >= 0.6 is 0 Å². The third-order valence-corrected chi connectivity index (χ3v) is 6.22. The maximum atomic E-state index is 15.0. The van der Waals surface area contributed by atoms with E-state index in [2.05, 4.69) is 4.90 Å². The van der Waals surface area contributed by atoms with Crippen LogP contribution in [0.1, 0.15) is 36.0 Å². The van der Waals surface area contributed by atoms with E-state index in [1.165, 1.54) is 18.9 Å². The van der Waals surface area contributed by atoms with E-state index in [0.29, 0.717) is 23.6 Å². The molecule has 2 saturated heterocycles.